The highest BCUT2D eigenvalue weighted by Gasteiger charge is 2.24. The number of oxazole rings is 1. The van der Waals surface area contributed by atoms with Crippen LogP contribution in [0.5, 0.6) is 0 Å². The zero-order chi connectivity index (χ0) is 13.9. The van der Waals surface area contributed by atoms with Crippen molar-refractivity contribution in [2.24, 2.45) is 5.92 Å². The highest BCUT2D eigenvalue weighted by atomic mass is 32.1. The van der Waals surface area contributed by atoms with Crippen LogP contribution in [0.4, 0.5) is 0 Å². The number of aromatic carboxylic acids is 1. The number of aromatic nitrogens is 1. The maximum Gasteiger partial charge on any atom is 0.358 e. The van der Waals surface area contributed by atoms with Crippen molar-refractivity contribution in [2.45, 2.75) is 38.5 Å². The van der Waals surface area contributed by atoms with Gasteiger partial charge in [0, 0.05) is 6.42 Å². The average Bonchev–Trinajstić information content (AvgIpc) is 3.08. The first kappa shape index (κ1) is 13.4. The molecule has 5 heteroatoms. The Hall–Kier alpha value is -1.62. The highest BCUT2D eigenvalue weighted by molar-refractivity contribution is 7.13. The number of rotatable bonds is 4. The molecule has 106 valence electrons. The summed E-state index contributed by atoms with van der Waals surface area (Å²) in [6.45, 7) is 0. The summed E-state index contributed by atoms with van der Waals surface area (Å²) in [6.07, 6.45) is 6.78. The van der Waals surface area contributed by atoms with E-state index in [-0.39, 0.29) is 5.69 Å². The molecular weight excluding hydrogens is 274 g/mol. The zero-order valence-electron chi connectivity index (χ0n) is 11.2. The molecule has 0 amide bonds. The van der Waals surface area contributed by atoms with E-state index in [4.69, 9.17) is 4.42 Å². The molecule has 0 atom stereocenters. The number of carboxylic acids is 1. The van der Waals surface area contributed by atoms with Crippen LogP contribution in [0.25, 0.3) is 10.8 Å². The van der Waals surface area contributed by atoms with Crippen molar-refractivity contribution in [3.8, 4) is 10.8 Å². The standard InChI is InChI=1S/C15H17NO3S/c17-15(18)13-11(9-10-5-2-1-3-6-10)19-14(16-13)12-7-4-8-20-12/h4,7-8,10H,1-3,5-6,9H2,(H,17,18). The van der Waals surface area contributed by atoms with Gasteiger partial charge in [-0.2, -0.15) is 0 Å². The second kappa shape index (κ2) is 5.79. The maximum atomic E-state index is 11.3. The fraction of sp³-hybridized carbons (Fsp3) is 0.467. The van der Waals surface area contributed by atoms with Gasteiger partial charge in [-0.25, -0.2) is 9.78 Å². The van der Waals surface area contributed by atoms with Crippen LogP contribution in [-0.2, 0) is 6.42 Å². The minimum atomic E-state index is -0.998. The van der Waals surface area contributed by atoms with E-state index >= 15 is 0 Å². The monoisotopic (exact) mass is 291 g/mol. The van der Waals surface area contributed by atoms with Crippen molar-refractivity contribution in [3.05, 3.63) is 29.0 Å². The van der Waals surface area contributed by atoms with Crippen molar-refractivity contribution >= 4 is 17.3 Å². The number of thiophene rings is 1. The second-order valence-corrected chi connectivity index (χ2v) is 6.23. The van der Waals surface area contributed by atoms with Gasteiger partial charge in [0.05, 0.1) is 4.88 Å². The molecular formula is C15H17NO3S. The Morgan fingerprint density at radius 2 is 2.20 bits per heavy atom. The van der Waals surface area contributed by atoms with Gasteiger partial charge in [-0.15, -0.1) is 11.3 Å². The molecule has 0 spiro atoms. The summed E-state index contributed by atoms with van der Waals surface area (Å²) < 4.78 is 5.74. The van der Waals surface area contributed by atoms with Crippen LogP contribution in [0.2, 0.25) is 0 Å². The quantitative estimate of drug-likeness (QED) is 0.915. The van der Waals surface area contributed by atoms with E-state index in [0.717, 1.165) is 17.7 Å². The van der Waals surface area contributed by atoms with Crippen LogP contribution in [0.1, 0.15) is 48.4 Å². The molecule has 1 aliphatic carbocycles. The minimum absolute atomic E-state index is 0.0824. The fourth-order valence-electron chi connectivity index (χ4n) is 2.82. The molecule has 3 rings (SSSR count). The third-order valence-corrected chi connectivity index (χ3v) is 4.69. The van der Waals surface area contributed by atoms with Crippen molar-refractivity contribution in [1.82, 2.24) is 4.98 Å². The molecule has 0 radical (unpaired) electrons. The predicted molar refractivity (Wildman–Crippen MR) is 77.1 cm³/mol. The normalized spacial score (nSPS) is 16.4. The lowest BCUT2D eigenvalue weighted by Gasteiger charge is -2.20. The fourth-order valence-corrected chi connectivity index (χ4v) is 3.47. The van der Waals surface area contributed by atoms with E-state index in [1.807, 2.05) is 17.5 Å². The molecule has 2 heterocycles. The molecule has 0 unspecified atom stereocenters. The molecule has 0 bridgehead atoms. The molecule has 1 saturated carbocycles. The summed E-state index contributed by atoms with van der Waals surface area (Å²) in [5.74, 6) is 0.504. The Bertz CT molecular complexity index is 582. The maximum absolute atomic E-state index is 11.3. The molecule has 1 aliphatic rings. The van der Waals surface area contributed by atoms with Crippen LogP contribution < -0.4 is 0 Å². The first-order valence-corrected chi connectivity index (χ1v) is 7.89. The number of hydrogen-bond donors (Lipinski definition) is 1. The van der Waals surface area contributed by atoms with E-state index < -0.39 is 5.97 Å². The van der Waals surface area contributed by atoms with Crippen LogP contribution in [-0.4, -0.2) is 16.1 Å². The van der Waals surface area contributed by atoms with Gasteiger partial charge in [-0.3, -0.25) is 0 Å². The Labute approximate surface area is 121 Å². The first-order valence-electron chi connectivity index (χ1n) is 7.01. The summed E-state index contributed by atoms with van der Waals surface area (Å²) >= 11 is 1.51. The lowest BCUT2D eigenvalue weighted by molar-refractivity contribution is 0.0688. The van der Waals surface area contributed by atoms with Crippen molar-refractivity contribution in [2.75, 3.05) is 0 Å². The van der Waals surface area contributed by atoms with E-state index in [1.165, 1.54) is 30.6 Å². The Morgan fingerprint density at radius 3 is 2.85 bits per heavy atom. The summed E-state index contributed by atoms with van der Waals surface area (Å²) in [5, 5.41) is 11.2. The summed E-state index contributed by atoms with van der Waals surface area (Å²) in [6, 6.07) is 3.80. The van der Waals surface area contributed by atoms with E-state index in [2.05, 4.69) is 4.98 Å². The van der Waals surface area contributed by atoms with Gasteiger partial charge in [0.15, 0.2) is 5.69 Å². The number of carbonyl (C=O) groups is 1. The van der Waals surface area contributed by atoms with E-state index in [9.17, 15) is 9.90 Å². The summed E-state index contributed by atoms with van der Waals surface area (Å²) in [5.41, 5.74) is 0.0824. The van der Waals surface area contributed by atoms with Gasteiger partial charge in [0.1, 0.15) is 5.76 Å². The zero-order valence-corrected chi connectivity index (χ0v) is 12.0. The molecule has 0 aliphatic heterocycles. The second-order valence-electron chi connectivity index (χ2n) is 5.28. The Morgan fingerprint density at radius 1 is 1.40 bits per heavy atom. The molecule has 2 aromatic rings. The lowest BCUT2D eigenvalue weighted by atomic mass is 9.86. The van der Waals surface area contributed by atoms with E-state index in [0.29, 0.717) is 24.0 Å². The van der Waals surface area contributed by atoms with Gasteiger partial charge in [-0.1, -0.05) is 38.2 Å². The molecule has 0 saturated heterocycles. The minimum Gasteiger partial charge on any atom is -0.476 e. The predicted octanol–water partition coefficient (Wildman–Crippen LogP) is 4.22. The molecule has 1 fully saturated rings. The number of carboxylic acid groups (broad SMARTS) is 1. The van der Waals surface area contributed by atoms with E-state index in [1.54, 1.807) is 0 Å². The molecule has 1 N–H and O–H groups in total. The highest BCUT2D eigenvalue weighted by Crippen LogP contribution is 2.31. The third-order valence-electron chi connectivity index (χ3n) is 3.83. The number of nitrogens with zero attached hydrogens (tertiary/aromatic N) is 1. The first-order chi connectivity index (χ1) is 9.74. The Kier molecular flexibility index (Phi) is 3.87. The van der Waals surface area contributed by atoms with Crippen molar-refractivity contribution in [3.63, 3.8) is 0 Å². The molecule has 0 aromatic carbocycles. The largest absolute Gasteiger partial charge is 0.476 e. The topological polar surface area (TPSA) is 63.3 Å². The van der Waals surface area contributed by atoms with Crippen molar-refractivity contribution < 1.29 is 14.3 Å². The van der Waals surface area contributed by atoms with Crippen LogP contribution >= 0.6 is 11.3 Å². The lowest BCUT2D eigenvalue weighted by Crippen LogP contribution is -2.11. The molecule has 2 aromatic heterocycles. The third kappa shape index (κ3) is 2.77. The van der Waals surface area contributed by atoms with Gasteiger partial charge in [-0.05, 0) is 17.4 Å². The van der Waals surface area contributed by atoms with Crippen molar-refractivity contribution in [1.29, 1.82) is 0 Å². The summed E-state index contributed by atoms with van der Waals surface area (Å²) in [7, 11) is 0. The number of hydrogen-bond acceptors (Lipinski definition) is 4. The smallest absolute Gasteiger partial charge is 0.358 e. The van der Waals surface area contributed by atoms with Gasteiger partial charge < -0.3 is 9.52 Å². The van der Waals surface area contributed by atoms with Crippen LogP contribution in [0, 0.1) is 5.92 Å². The van der Waals surface area contributed by atoms with Gasteiger partial charge in [0.2, 0.25) is 5.89 Å². The van der Waals surface area contributed by atoms with Gasteiger partial charge >= 0.3 is 5.97 Å². The van der Waals surface area contributed by atoms with Gasteiger partial charge in [0.25, 0.3) is 0 Å². The average molecular weight is 291 g/mol. The SMILES string of the molecule is O=C(O)c1nc(-c2cccs2)oc1CC1CCCCC1. The molecule has 20 heavy (non-hydrogen) atoms. The summed E-state index contributed by atoms with van der Waals surface area (Å²) in [4.78, 5) is 16.4. The molecule has 4 nitrogen and oxygen atoms in total. The van der Waals surface area contributed by atoms with Crippen LogP contribution in [0.3, 0.4) is 0 Å². The van der Waals surface area contributed by atoms with Crippen LogP contribution in [0.15, 0.2) is 21.9 Å². The Balaban J connectivity index is 1.86.